The lowest BCUT2D eigenvalue weighted by molar-refractivity contribution is -0.138. The zero-order chi connectivity index (χ0) is 18.7. The summed E-state index contributed by atoms with van der Waals surface area (Å²) in [6.45, 7) is 5.30. The number of carboxylic acid groups (broad SMARTS) is 1. The van der Waals surface area contributed by atoms with Gasteiger partial charge in [-0.25, -0.2) is 4.98 Å². The van der Waals surface area contributed by atoms with Gasteiger partial charge in [-0.15, -0.1) is 10.2 Å². The number of hydrogen-bond acceptors (Lipinski definition) is 7. The summed E-state index contributed by atoms with van der Waals surface area (Å²) in [5.74, 6) is 0.244. The second-order valence-electron chi connectivity index (χ2n) is 6.76. The Morgan fingerprint density at radius 2 is 2.15 bits per heavy atom. The third-order valence-corrected chi connectivity index (χ3v) is 4.46. The lowest BCUT2D eigenvalue weighted by atomic mass is 10.0. The largest absolute Gasteiger partial charge is 0.507 e. The van der Waals surface area contributed by atoms with Crippen LogP contribution in [0.2, 0.25) is 0 Å². The molecule has 0 amide bonds. The molecule has 1 aliphatic rings. The molecule has 0 radical (unpaired) electrons. The van der Waals surface area contributed by atoms with Gasteiger partial charge in [-0.05, 0) is 50.4 Å². The van der Waals surface area contributed by atoms with E-state index in [-0.39, 0.29) is 18.3 Å². The van der Waals surface area contributed by atoms with Gasteiger partial charge in [0.15, 0.2) is 11.6 Å². The summed E-state index contributed by atoms with van der Waals surface area (Å²) in [5.41, 5.74) is 2.44. The maximum absolute atomic E-state index is 10.9. The molecule has 0 saturated carbocycles. The molecule has 0 bridgehead atoms. The highest BCUT2D eigenvalue weighted by atomic mass is 16.4. The third kappa shape index (κ3) is 4.26. The van der Waals surface area contributed by atoms with Gasteiger partial charge in [0.2, 0.25) is 0 Å². The number of piperidine rings is 1. The van der Waals surface area contributed by atoms with E-state index in [0.717, 1.165) is 30.5 Å². The number of phenols is 1. The lowest BCUT2D eigenvalue weighted by Gasteiger charge is -2.32. The van der Waals surface area contributed by atoms with Crippen molar-refractivity contribution in [3.8, 4) is 17.1 Å². The van der Waals surface area contributed by atoms with Crippen molar-refractivity contribution < 1.29 is 15.0 Å². The van der Waals surface area contributed by atoms with E-state index in [1.165, 1.54) is 0 Å². The summed E-state index contributed by atoms with van der Waals surface area (Å²) in [5, 5.41) is 30.7. The minimum Gasteiger partial charge on any atom is -0.507 e. The van der Waals surface area contributed by atoms with Gasteiger partial charge in [0.1, 0.15) is 5.75 Å². The van der Waals surface area contributed by atoms with Crippen molar-refractivity contribution in [1.82, 2.24) is 20.1 Å². The number of rotatable bonds is 5. The molecule has 1 aromatic carbocycles. The molecule has 8 heteroatoms. The Hall–Kier alpha value is -2.74. The monoisotopic (exact) mass is 357 g/mol. The predicted octanol–water partition coefficient (Wildman–Crippen LogP) is 1.82. The van der Waals surface area contributed by atoms with E-state index in [4.69, 9.17) is 5.11 Å². The summed E-state index contributed by atoms with van der Waals surface area (Å²) >= 11 is 0. The van der Waals surface area contributed by atoms with Crippen LogP contribution in [0.25, 0.3) is 11.4 Å². The van der Waals surface area contributed by atoms with Gasteiger partial charge in [-0.2, -0.15) is 0 Å². The molecule has 3 N–H and O–H groups in total. The van der Waals surface area contributed by atoms with E-state index in [0.29, 0.717) is 23.8 Å². The SMILES string of the molecule is Cc1cc(C)c(-c2ncc(NC3CCCN(CC(=O)O)C3)nn2)c(O)c1. The van der Waals surface area contributed by atoms with Crippen LogP contribution in [0.5, 0.6) is 5.75 Å². The number of aliphatic carboxylic acids is 1. The molecule has 2 heterocycles. The van der Waals surface area contributed by atoms with E-state index in [2.05, 4.69) is 20.5 Å². The molecule has 1 fully saturated rings. The number of anilines is 1. The van der Waals surface area contributed by atoms with Crippen molar-refractivity contribution in [3.63, 3.8) is 0 Å². The fraction of sp³-hybridized carbons (Fsp3) is 0.444. The van der Waals surface area contributed by atoms with Crippen LogP contribution in [0.15, 0.2) is 18.3 Å². The van der Waals surface area contributed by atoms with Crippen LogP contribution in [0, 0.1) is 13.8 Å². The number of nitrogens with zero attached hydrogens (tertiary/aromatic N) is 4. The quantitative estimate of drug-likeness (QED) is 0.743. The summed E-state index contributed by atoms with van der Waals surface area (Å²) in [6, 6.07) is 3.75. The molecule has 0 aliphatic carbocycles. The first kappa shape index (κ1) is 18.1. The molecule has 1 aliphatic heterocycles. The van der Waals surface area contributed by atoms with Crippen LogP contribution < -0.4 is 5.32 Å². The first-order chi connectivity index (χ1) is 12.4. The summed E-state index contributed by atoms with van der Waals surface area (Å²) in [7, 11) is 0. The van der Waals surface area contributed by atoms with Crippen LogP contribution >= 0.6 is 0 Å². The molecule has 1 unspecified atom stereocenters. The number of aromatic nitrogens is 3. The van der Waals surface area contributed by atoms with Crippen molar-refractivity contribution in [1.29, 1.82) is 0 Å². The number of nitrogens with one attached hydrogen (secondary N) is 1. The number of aryl methyl sites for hydroxylation is 2. The highest BCUT2D eigenvalue weighted by molar-refractivity contribution is 5.69. The third-order valence-electron chi connectivity index (χ3n) is 4.46. The van der Waals surface area contributed by atoms with Gasteiger partial charge in [-0.1, -0.05) is 6.07 Å². The second kappa shape index (κ2) is 7.65. The Bertz CT molecular complexity index is 771. The highest BCUT2D eigenvalue weighted by Gasteiger charge is 2.22. The average molecular weight is 357 g/mol. The zero-order valence-corrected chi connectivity index (χ0v) is 14.9. The molecule has 3 rings (SSSR count). The summed E-state index contributed by atoms with van der Waals surface area (Å²) < 4.78 is 0. The lowest BCUT2D eigenvalue weighted by Crippen LogP contribution is -2.44. The molecule has 26 heavy (non-hydrogen) atoms. The first-order valence-electron chi connectivity index (χ1n) is 8.63. The van der Waals surface area contributed by atoms with Crippen LogP contribution in [0.1, 0.15) is 24.0 Å². The fourth-order valence-corrected chi connectivity index (χ4v) is 3.41. The van der Waals surface area contributed by atoms with Crippen LogP contribution in [0.3, 0.4) is 0 Å². The van der Waals surface area contributed by atoms with Crippen molar-refractivity contribution in [2.24, 2.45) is 0 Å². The molecular weight excluding hydrogens is 334 g/mol. The van der Waals surface area contributed by atoms with Crippen LogP contribution in [0.4, 0.5) is 5.82 Å². The molecule has 1 atom stereocenters. The molecule has 138 valence electrons. The van der Waals surface area contributed by atoms with E-state index < -0.39 is 5.97 Å². The molecule has 2 aromatic rings. The van der Waals surface area contributed by atoms with Crippen molar-refractivity contribution in [3.05, 3.63) is 29.5 Å². The van der Waals surface area contributed by atoms with Crippen molar-refractivity contribution in [2.75, 3.05) is 25.0 Å². The standard InChI is InChI=1S/C18H23N5O3/c1-11-6-12(2)17(14(24)7-11)18-19-8-15(21-22-18)20-13-4-3-5-23(9-13)10-16(25)26/h6-8,13,24H,3-5,9-10H2,1-2H3,(H,20,21)(H,25,26). The number of phenolic OH excluding ortho intramolecular Hbond substituents is 1. The molecule has 1 aromatic heterocycles. The molecule has 0 spiro atoms. The molecule has 8 nitrogen and oxygen atoms in total. The fourth-order valence-electron chi connectivity index (χ4n) is 3.41. The Morgan fingerprint density at radius 1 is 1.35 bits per heavy atom. The van der Waals surface area contributed by atoms with E-state index >= 15 is 0 Å². The summed E-state index contributed by atoms with van der Waals surface area (Å²) in [6.07, 6.45) is 3.47. The Labute approximate surface area is 151 Å². The van der Waals surface area contributed by atoms with Gasteiger partial charge in [0.25, 0.3) is 0 Å². The van der Waals surface area contributed by atoms with Crippen LogP contribution in [-0.4, -0.2) is 61.9 Å². The number of likely N-dealkylation sites (tertiary alicyclic amines) is 1. The van der Waals surface area contributed by atoms with Crippen molar-refractivity contribution in [2.45, 2.75) is 32.7 Å². The predicted molar refractivity (Wildman–Crippen MR) is 97.1 cm³/mol. The molecular formula is C18H23N5O3. The maximum Gasteiger partial charge on any atom is 0.317 e. The minimum atomic E-state index is -0.815. The zero-order valence-electron chi connectivity index (χ0n) is 14.9. The van der Waals surface area contributed by atoms with Gasteiger partial charge in [0, 0.05) is 12.6 Å². The maximum atomic E-state index is 10.9. The topological polar surface area (TPSA) is 111 Å². The minimum absolute atomic E-state index is 0.0486. The normalized spacial score (nSPS) is 17.8. The van der Waals surface area contributed by atoms with Gasteiger partial charge in [-0.3, -0.25) is 9.69 Å². The van der Waals surface area contributed by atoms with E-state index in [1.807, 2.05) is 24.8 Å². The van der Waals surface area contributed by atoms with E-state index in [9.17, 15) is 9.90 Å². The Balaban J connectivity index is 1.69. The smallest absolute Gasteiger partial charge is 0.317 e. The summed E-state index contributed by atoms with van der Waals surface area (Å²) in [4.78, 5) is 17.1. The highest BCUT2D eigenvalue weighted by Crippen LogP contribution is 2.30. The number of carbonyl (C=O) groups is 1. The van der Waals surface area contributed by atoms with Gasteiger partial charge < -0.3 is 15.5 Å². The average Bonchev–Trinajstić information content (AvgIpc) is 2.55. The van der Waals surface area contributed by atoms with Gasteiger partial charge >= 0.3 is 5.97 Å². The second-order valence-corrected chi connectivity index (χ2v) is 6.76. The van der Waals surface area contributed by atoms with E-state index in [1.54, 1.807) is 12.3 Å². The number of hydrogen-bond donors (Lipinski definition) is 3. The van der Waals surface area contributed by atoms with Crippen molar-refractivity contribution >= 4 is 11.8 Å². The Morgan fingerprint density at radius 3 is 2.81 bits per heavy atom. The number of carboxylic acids is 1. The van der Waals surface area contributed by atoms with Crippen LogP contribution in [-0.2, 0) is 4.79 Å². The molecule has 1 saturated heterocycles. The van der Waals surface area contributed by atoms with Gasteiger partial charge in [0.05, 0.1) is 18.3 Å². The Kier molecular flexibility index (Phi) is 5.32. The first-order valence-corrected chi connectivity index (χ1v) is 8.63. The number of benzene rings is 1. The number of aromatic hydroxyl groups is 1.